The average Bonchev–Trinajstić information content (AvgIpc) is 3.45. The smallest absolute Gasteiger partial charge is 0.245 e. The molecular formula is C21H27N5O3. The van der Waals surface area contributed by atoms with E-state index in [0.717, 1.165) is 23.4 Å². The van der Waals surface area contributed by atoms with E-state index < -0.39 is 6.04 Å². The average molecular weight is 397 g/mol. The molecule has 154 valence electrons. The molecule has 2 saturated heterocycles. The van der Waals surface area contributed by atoms with Crippen LogP contribution in [-0.2, 0) is 23.2 Å². The fourth-order valence-corrected chi connectivity index (χ4v) is 4.20. The molecule has 8 nitrogen and oxygen atoms in total. The Morgan fingerprint density at radius 3 is 2.79 bits per heavy atom. The summed E-state index contributed by atoms with van der Waals surface area (Å²) in [5.41, 5.74) is 2.10. The first-order valence-electron chi connectivity index (χ1n) is 9.96. The Hall–Kier alpha value is -2.87. The number of nitrogens with zero attached hydrogens (tertiary/aromatic N) is 3. The number of amides is 2. The van der Waals surface area contributed by atoms with Gasteiger partial charge in [-0.3, -0.25) is 14.3 Å². The molecule has 3 atom stereocenters. The van der Waals surface area contributed by atoms with E-state index in [4.69, 9.17) is 4.74 Å². The lowest BCUT2D eigenvalue weighted by molar-refractivity contribution is -0.134. The van der Waals surface area contributed by atoms with E-state index in [1.807, 2.05) is 43.7 Å². The zero-order chi connectivity index (χ0) is 20.4. The van der Waals surface area contributed by atoms with Crippen LogP contribution in [0.25, 0.3) is 0 Å². The van der Waals surface area contributed by atoms with Gasteiger partial charge in [0.05, 0.1) is 19.2 Å². The van der Waals surface area contributed by atoms with Crippen LogP contribution in [0.5, 0.6) is 5.75 Å². The molecule has 1 aromatic carbocycles. The molecule has 2 aromatic rings. The summed E-state index contributed by atoms with van der Waals surface area (Å²) in [5.74, 6) is 0.602. The molecule has 2 fully saturated rings. The summed E-state index contributed by atoms with van der Waals surface area (Å²) in [7, 11) is 3.50. The van der Waals surface area contributed by atoms with Gasteiger partial charge in [0.25, 0.3) is 0 Å². The lowest BCUT2D eigenvalue weighted by atomic mass is 9.90. The van der Waals surface area contributed by atoms with Crippen LogP contribution in [0.4, 0.5) is 0 Å². The third-order valence-corrected chi connectivity index (χ3v) is 5.85. The minimum Gasteiger partial charge on any atom is -0.497 e. The highest BCUT2D eigenvalue weighted by Gasteiger charge is 2.38. The molecule has 2 N–H and O–H groups in total. The molecule has 2 aliphatic heterocycles. The maximum Gasteiger partial charge on any atom is 0.245 e. The van der Waals surface area contributed by atoms with Crippen LogP contribution in [0, 0.1) is 5.92 Å². The van der Waals surface area contributed by atoms with Crippen molar-refractivity contribution in [2.45, 2.75) is 24.9 Å². The van der Waals surface area contributed by atoms with Crippen molar-refractivity contribution in [3.05, 3.63) is 47.8 Å². The molecule has 0 bridgehead atoms. The second-order valence-corrected chi connectivity index (χ2v) is 7.78. The number of rotatable bonds is 6. The van der Waals surface area contributed by atoms with Crippen molar-refractivity contribution in [3.8, 4) is 5.75 Å². The minimum atomic E-state index is -0.448. The van der Waals surface area contributed by atoms with Crippen molar-refractivity contribution in [3.63, 3.8) is 0 Å². The number of hydrogen-bond donors (Lipinski definition) is 2. The Morgan fingerprint density at radius 1 is 1.31 bits per heavy atom. The first-order valence-corrected chi connectivity index (χ1v) is 9.96. The van der Waals surface area contributed by atoms with Crippen molar-refractivity contribution in [2.75, 3.05) is 26.7 Å². The number of aromatic nitrogens is 2. The Morgan fingerprint density at radius 2 is 2.10 bits per heavy atom. The van der Waals surface area contributed by atoms with E-state index in [2.05, 4.69) is 15.7 Å². The van der Waals surface area contributed by atoms with Crippen LogP contribution in [0.3, 0.4) is 0 Å². The van der Waals surface area contributed by atoms with Gasteiger partial charge in [-0.15, -0.1) is 0 Å². The van der Waals surface area contributed by atoms with E-state index >= 15 is 0 Å². The van der Waals surface area contributed by atoms with Gasteiger partial charge in [0.15, 0.2) is 0 Å². The molecule has 0 aliphatic carbocycles. The Balaban J connectivity index is 1.35. The highest BCUT2D eigenvalue weighted by molar-refractivity contribution is 5.90. The van der Waals surface area contributed by atoms with Crippen LogP contribution < -0.4 is 15.4 Å². The van der Waals surface area contributed by atoms with Gasteiger partial charge >= 0.3 is 0 Å². The maximum atomic E-state index is 12.9. The summed E-state index contributed by atoms with van der Waals surface area (Å²) in [6, 6.07) is 7.25. The van der Waals surface area contributed by atoms with Crippen molar-refractivity contribution in [1.29, 1.82) is 0 Å². The summed E-state index contributed by atoms with van der Waals surface area (Å²) in [5, 5.41) is 10.5. The fourth-order valence-electron chi connectivity index (χ4n) is 4.20. The highest BCUT2D eigenvalue weighted by Crippen LogP contribution is 2.28. The maximum absolute atomic E-state index is 12.9. The Labute approximate surface area is 170 Å². The lowest BCUT2D eigenvalue weighted by Crippen LogP contribution is -2.45. The molecule has 0 saturated carbocycles. The predicted octanol–water partition coefficient (Wildman–Crippen LogP) is 0.649. The standard InChI is InChI=1S/C21H27N5O3/c1-25-13-15(9-23-25)17-10-22-11-18(17)20(27)24-19-7-8-26(21(19)28)12-14-3-5-16(29-2)6-4-14/h3-6,9,13,17-19,22H,7-8,10-12H2,1-2H3,(H,24,27)/t17-,18+,19?/m1/s1. The molecule has 3 heterocycles. The normalized spacial score (nSPS) is 24.1. The number of hydrogen-bond acceptors (Lipinski definition) is 5. The van der Waals surface area contributed by atoms with Crippen molar-refractivity contribution < 1.29 is 14.3 Å². The second-order valence-electron chi connectivity index (χ2n) is 7.78. The van der Waals surface area contributed by atoms with Crippen LogP contribution in [0.1, 0.15) is 23.5 Å². The van der Waals surface area contributed by atoms with Crippen LogP contribution in [0.2, 0.25) is 0 Å². The third kappa shape index (κ3) is 4.12. The molecule has 29 heavy (non-hydrogen) atoms. The van der Waals surface area contributed by atoms with Gasteiger partial charge in [0.1, 0.15) is 11.8 Å². The summed E-state index contributed by atoms with van der Waals surface area (Å²) >= 11 is 0. The van der Waals surface area contributed by atoms with Gasteiger partial charge in [0.2, 0.25) is 11.8 Å². The highest BCUT2D eigenvalue weighted by atomic mass is 16.5. The molecule has 2 amide bonds. The largest absolute Gasteiger partial charge is 0.497 e. The SMILES string of the molecule is COc1ccc(CN2CCC(NC(=O)[C@H]3CNC[C@@H]3c3cnn(C)c3)C2=O)cc1. The van der Waals surface area contributed by atoms with Crippen LogP contribution in [-0.4, -0.2) is 59.3 Å². The van der Waals surface area contributed by atoms with Gasteiger partial charge < -0.3 is 20.3 Å². The van der Waals surface area contributed by atoms with E-state index in [9.17, 15) is 9.59 Å². The number of methoxy groups -OCH3 is 1. The van der Waals surface area contributed by atoms with E-state index in [1.54, 1.807) is 16.7 Å². The number of aryl methyl sites for hydroxylation is 1. The monoisotopic (exact) mass is 397 g/mol. The van der Waals surface area contributed by atoms with Gasteiger partial charge in [-0.25, -0.2) is 0 Å². The quantitative estimate of drug-likeness (QED) is 0.747. The summed E-state index contributed by atoms with van der Waals surface area (Å²) in [6.45, 7) is 2.54. The van der Waals surface area contributed by atoms with E-state index in [0.29, 0.717) is 26.1 Å². The first-order chi connectivity index (χ1) is 14.0. The van der Waals surface area contributed by atoms with Crippen LogP contribution in [0.15, 0.2) is 36.7 Å². The number of likely N-dealkylation sites (tertiary alicyclic amines) is 1. The van der Waals surface area contributed by atoms with E-state index in [-0.39, 0.29) is 23.7 Å². The topological polar surface area (TPSA) is 88.5 Å². The molecule has 1 unspecified atom stereocenters. The summed E-state index contributed by atoms with van der Waals surface area (Å²) in [6.07, 6.45) is 4.41. The number of benzene rings is 1. The number of nitrogens with one attached hydrogen (secondary N) is 2. The van der Waals surface area contributed by atoms with Gasteiger partial charge in [-0.2, -0.15) is 5.10 Å². The zero-order valence-electron chi connectivity index (χ0n) is 16.8. The summed E-state index contributed by atoms with van der Waals surface area (Å²) in [4.78, 5) is 27.5. The van der Waals surface area contributed by atoms with Crippen molar-refractivity contribution in [1.82, 2.24) is 25.3 Å². The molecule has 2 aliphatic rings. The van der Waals surface area contributed by atoms with E-state index in [1.165, 1.54) is 0 Å². The predicted molar refractivity (Wildman–Crippen MR) is 107 cm³/mol. The second kappa shape index (κ2) is 8.24. The fraction of sp³-hybridized carbons (Fsp3) is 0.476. The Bertz CT molecular complexity index is 879. The van der Waals surface area contributed by atoms with Gasteiger partial charge in [-0.1, -0.05) is 12.1 Å². The summed E-state index contributed by atoms with van der Waals surface area (Å²) < 4.78 is 6.92. The van der Waals surface area contributed by atoms with Gasteiger partial charge in [0, 0.05) is 45.3 Å². The lowest BCUT2D eigenvalue weighted by Gasteiger charge is -2.20. The van der Waals surface area contributed by atoms with Crippen molar-refractivity contribution >= 4 is 11.8 Å². The number of carbonyl (C=O) groups excluding carboxylic acids is 2. The number of carbonyl (C=O) groups is 2. The van der Waals surface area contributed by atoms with Gasteiger partial charge in [-0.05, 0) is 29.7 Å². The van der Waals surface area contributed by atoms with Crippen molar-refractivity contribution in [2.24, 2.45) is 13.0 Å². The molecular weight excluding hydrogens is 370 g/mol. The third-order valence-electron chi connectivity index (χ3n) is 5.85. The molecule has 0 spiro atoms. The molecule has 8 heteroatoms. The van der Waals surface area contributed by atoms with Crippen LogP contribution >= 0.6 is 0 Å². The molecule has 4 rings (SSSR count). The number of ether oxygens (including phenoxy) is 1. The Kier molecular flexibility index (Phi) is 5.53. The minimum absolute atomic E-state index is 0.0157. The first kappa shape index (κ1) is 19.4. The molecule has 0 radical (unpaired) electrons. The molecule has 1 aromatic heterocycles. The zero-order valence-corrected chi connectivity index (χ0v) is 16.8.